The molecule has 1 heterocycles. The van der Waals surface area contributed by atoms with Crippen molar-refractivity contribution < 1.29 is 14.3 Å². The maximum atomic E-state index is 11.5. The minimum Gasteiger partial charge on any atom is -0.483 e. The topological polar surface area (TPSA) is 40.5 Å². The van der Waals surface area contributed by atoms with Gasteiger partial charge in [-0.25, -0.2) is 0 Å². The van der Waals surface area contributed by atoms with Gasteiger partial charge in [0.2, 0.25) is 0 Å². The molecule has 2 aromatic carbocycles. The molecule has 3 aromatic rings. The van der Waals surface area contributed by atoms with Crippen molar-refractivity contribution in [3.8, 4) is 11.4 Å². The number of esters is 1. The Morgan fingerprint density at radius 2 is 1.73 bits per heavy atom. The summed E-state index contributed by atoms with van der Waals surface area (Å²) in [7, 11) is 0. The second-order valence-electron chi connectivity index (χ2n) is 5.59. The highest BCUT2D eigenvalue weighted by Gasteiger charge is 2.06. The van der Waals surface area contributed by atoms with Crippen molar-refractivity contribution in [1.82, 2.24) is 4.57 Å². The molecule has 5 heteroatoms. The molecular formula is C21H21NO3S. The number of nitrogens with zero attached hydrogens (tertiary/aromatic N) is 1. The third-order valence-electron chi connectivity index (χ3n) is 3.77. The number of hydrogen-bond donors (Lipinski definition) is 0. The summed E-state index contributed by atoms with van der Waals surface area (Å²) in [4.78, 5) is 12.7. The Kier molecular flexibility index (Phi) is 6.39. The predicted molar refractivity (Wildman–Crippen MR) is 104 cm³/mol. The minimum absolute atomic E-state index is 0.210. The van der Waals surface area contributed by atoms with Gasteiger partial charge in [0, 0.05) is 17.3 Å². The fourth-order valence-electron chi connectivity index (χ4n) is 2.53. The van der Waals surface area contributed by atoms with Crippen LogP contribution >= 0.6 is 11.8 Å². The number of para-hydroxylation sites is 1. The highest BCUT2D eigenvalue weighted by Crippen LogP contribution is 2.26. The second-order valence-corrected chi connectivity index (χ2v) is 6.55. The van der Waals surface area contributed by atoms with Crippen LogP contribution in [0.5, 0.6) is 5.75 Å². The van der Waals surface area contributed by atoms with E-state index in [0.29, 0.717) is 12.5 Å². The molecule has 0 unspecified atom stereocenters. The van der Waals surface area contributed by atoms with Gasteiger partial charge in [-0.2, -0.15) is 0 Å². The van der Waals surface area contributed by atoms with Crippen LogP contribution in [-0.2, 0) is 16.0 Å². The monoisotopic (exact) mass is 367 g/mol. The van der Waals surface area contributed by atoms with Gasteiger partial charge in [0.05, 0.1) is 18.7 Å². The molecule has 1 aromatic heterocycles. The number of aromatic nitrogens is 1. The van der Waals surface area contributed by atoms with Crippen molar-refractivity contribution in [3.05, 3.63) is 78.6 Å². The summed E-state index contributed by atoms with van der Waals surface area (Å²) in [6.45, 7) is 2.21. The Bertz CT molecular complexity index is 829. The summed E-state index contributed by atoms with van der Waals surface area (Å²) in [5, 5.41) is 0. The van der Waals surface area contributed by atoms with Gasteiger partial charge in [-0.3, -0.25) is 4.79 Å². The summed E-state index contributed by atoms with van der Waals surface area (Å²) >= 11 is 1.64. The molecule has 134 valence electrons. The van der Waals surface area contributed by atoms with Crippen molar-refractivity contribution in [2.75, 3.05) is 12.5 Å². The predicted octanol–water partition coefficient (Wildman–Crippen LogP) is 4.71. The fraction of sp³-hybridized carbons (Fsp3) is 0.190. The number of rotatable bonds is 8. The molecule has 0 atom stereocenters. The molecule has 0 fully saturated rings. The summed E-state index contributed by atoms with van der Waals surface area (Å²) in [5.74, 6) is 1.08. The first kappa shape index (κ1) is 18.1. The molecule has 3 rings (SSSR count). The van der Waals surface area contributed by atoms with Gasteiger partial charge < -0.3 is 14.0 Å². The summed E-state index contributed by atoms with van der Waals surface area (Å²) < 4.78 is 12.9. The lowest BCUT2D eigenvalue weighted by atomic mass is 10.1. The molecule has 0 N–H and O–H groups in total. The molecule has 0 aliphatic heterocycles. The zero-order valence-corrected chi connectivity index (χ0v) is 15.4. The maximum Gasteiger partial charge on any atom is 0.310 e. The molecule has 0 spiro atoms. The van der Waals surface area contributed by atoms with Crippen LogP contribution in [0.4, 0.5) is 0 Å². The van der Waals surface area contributed by atoms with Crippen LogP contribution in [0.3, 0.4) is 0 Å². The van der Waals surface area contributed by atoms with E-state index in [-0.39, 0.29) is 12.4 Å². The van der Waals surface area contributed by atoms with Gasteiger partial charge in [0.25, 0.3) is 0 Å². The van der Waals surface area contributed by atoms with E-state index in [9.17, 15) is 4.79 Å². The van der Waals surface area contributed by atoms with Crippen LogP contribution in [0.2, 0.25) is 0 Å². The molecule has 0 aliphatic rings. The summed E-state index contributed by atoms with van der Waals surface area (Å²) in [6, 6.07) is 19.8. The Hall–Kier alpha value is -2.66. The lowest BCUT2D eigenvalue weighted by Gasteiger charge is -2.11. The maximum absolute atomic E-state index is 11.5. The van der Waals surface area contributed by atoms with Crippen molar-refractivity contribution in [2.45, 2.75) is 18.2 Å². The van der Waals surface area contributed by atoms with Crippen LogP contribution in [-0.4, -0.2) is 23.1 Å². The van der Waals surface area contributed by atoms with Gasteiger partial charge in [-0.05, 0) is 48.9 Å². The van der Waals surface area contributed by atoms with Crippen LogP contribution in [0.1, 0.15) is 12.5 Å². The van der Waals surface area contributed by atoms with E-state index in [1.165, 1.54) is 0 Å². The third kappa shape index (κ3) is 4.92. The normalized spacial score (nSPS) is 10.5. The lowest BCUT2D eigenvalue weighted by Crippen LogP contribution is -2.07. The molecule has 0 saturated heterocycles. The Labute approximate surface area is 157 Å². The van der Waals surface area contributed by atoms with Gasteiger partial charge in [0.15, 0.2) is 0 Å². The molecule has 0 aliphatic carbocycles. The second kappa shape index (κ2) is 9.15. The van der Waals surface area contributed by atoms with Crippen LogP contribution in [0.15, 0.2) is 78.0 Å². The first-order valence-corrected chi connectivity index (χ1v) is 9.47. The van der Waals surface area contributed by atoms with Crippen molar-refractivity contribution in [2.24, 2.45) is 0 Å². The van der Waals surface area contributed by atoms with Gasteiger partial charge in [-0.1, -0.05) is 36.0 Å². The average Bonchev–Trinajstić information content (AvgIpc) is 3.18. The van der Waals surface area contributed by atoms with Crippen LogP contribution in [0.25, 0.3) is 5.69 Å². The Morgan fingerprint density at radius 1 is 1.00 bits per heavy atom. The van der Waals surface area contributed by atoms with E-state index in [1.54, 1.807) is 18.7 Å². The number of benzene rings is 2. The zero-order chi connectivity index (χ0) is 18.2. The van der Waals surface area contributed by atoms with E-state index in [4.69, 9.17) is 9.47 Å². The zero-order valence-electron chi connectivity index (χ0n) is 14.6. The highest BCUT2D eigenvalue weighted by atomic mass is 32.2. The number of ether oxygens (including phenoxy) is 2. The lowest BCUT2D eigenvalue weighted by molar-refractivity contribution is -0.142. The molecule has 0 amide bonds. The minimum atomic E-state index is -0.210. The Morgan fingerprint density at radius 3 is 2.46 bits per heavy atom. The number of hydrogen-bond acceptors (Lipinski definition) is 4. The number of thioether (sulfide) groups is 1. The standard InChI is InChI=1S/C21H21NO3S/c1-2-24-21(23)15-17-9-11-18(12-10-17)25-16-26-20-8-4-3-7-19(20)22-13-5-6-14-22/h3-14H,2,15-16H2,1H3. The average molecular weight is 367 g/mol. The highest BCUT2D eigenvalue weighted by molar-refractivity contribution is 7.99. The molecule has 0 bridgehead atoms. The van der Waals surface area contributed by atoms with Crippen LogP contribution < -0.4 is 4.74 Å². The smallest absolute Gasteiger partial charge is 0.310 e. The van der Waals surface area contributed by atoms with Gasteiger partial charge in [0.1, 0.15) is 11.7 Å². The van der Waals surface area contributed by atoms with E-state index >= 15 is 0 Å². The van der Waals surface area contributed by atoms with E-state index in [0.717, 1.165) is 21.9 Å². The van der Waals surface area contributed by atoms with Crippen LogP contribution in [0, 0.1) is 0 Å². The van der Waals surface area contributed by atoms with E-state index in [1.807, 2.05) is 60.9 Å². The molecular weight excluding hydrogens is 346 g/mol. The molecule has 4 nitrogen and oxygen atoms in total. The van der Waals surface area contributed by atoms with E-state index in [2.05, 4.69) is 16.7 Å². The van der Waals surface area contributed by atoms with Crippen molar-refractivity contribution in [3.63, 3.8) is 0 Å². The first-order valence-electron chi connectivity index (χ1n) is 8.49. The van der Waals surface area contributed by atoms with Gasteiger partial charge >= 0.3 is 5.97 Å². The Balaban J connectivity index is 1.55. The van der Waals surface area contributed by atoms with Crippen molar-refractivity contribution in [1.29, 1.82) is 0 Å². The number of carbonyl (C=O) groups is 1. The summed E-state index contributed by atoms with van der Waals surface area (Å²) in [6.07, 6.45) is 4.35. The molecule has 0 saturated carbocycles. The quantitative estimate of drug-likeness (QED) is 0.328. The fourth-order valence-corrected chi connectivity index (χ4v) is 3.35. The summed E-state index contributed by atoms with van der Waals surface area (Å²) in [5.41, 5.74) is 2.05. The van der Waals surface area contributed by atoms with Crippen molar-refractivity contribution >= 4 is 17.7 Å². The van der Waals surface area contributed by atoms with Gasteiger partial charge in [-0.15, -0.1) is 0 Å². The molecule has 26 heavy (non-hydrogen) atoms. The first-order chi connectivity index (χ1) is 12.8. The number of carbonyl (C=O) groups excluding carboxylic acids is 1. The molecule has 0 radical (unpaired) electrons. The van der Waals surface area contributed by atoms with E-state index < -0.39 is 0 Å². The third-order valence-corrected chi connectivity index (χ3v) is 4.66. The SMILES string of the molecule is CCOC(=O)Cc1ccc(OCSc2ccccc2-n2cccc2)cc1. The largest absolute Gasteiger partial charge is 0.483 e.